The number of nitrogens with zero attached hydrogens (tertiary/aromatic N) is 12. The van der Waals surface area contributed by atoms with Crippen molar-refractivity contribution in [3.8, 4) is 0 Å². The van der Waals surface area contributed by atoms with Crippen LogP contribution in [0.4, 0.5) is 104 Å². The minimum absolute atomic E-state index is 0.378. The Morgan fingerprint density at radius 2 is 0.260 bits per heavy atom. The molecule has 3 heterocycles. The third kappa shape index (κ3) is 11.1. The molecule has 0 amide bonds. The lowest BCUT2D eigenvalue weighted by Gasteiger charge is -2.32. The molecule has 0 unspecified atom stereocenters. The molecule has 0 radical (unpaired) electrons. The predicted octanol–water partition coefficient (Wildman–Crippen LogP) is 22.3. The van der Waals surface area contributed by atoms with Gasteiger partial charge >= 0.3 is 0 Å². The Morgan fingerprint density at radius 1 is 0.135 bits per heavy atom. The lowest BCUT2D eigenvalue weighted by molar-refractivity contribution is 1.07. The number of hydrogen-bond acceptors (Lipinski definition) is 12. The van der Waals surface area contributed by atoms with Crippen LogP contribution in [0.5, 0.6) is 0 Å². The largest absolute Gasteiger partial charge is 0.294 e. The highest BCUT2D eigenvalue weighted by molar-refractivity contribution is 6.31. The smallest absolute Gasteiger partial charge is 0.237 e. The van der Waals surface area contributed by atoms with Gasteiger partial charge in [0.15, 0.2) is 17.5 Å². The number of anilines is 18. The Bertz CT molecular complexity index is 4480. The fraction of sp³-hybridized carbons (Fsp3) is 0. The summed E-state index contributed by atoms with van der Waals surface area (Å²) in [5, 5.41) is 1.80. The van der Waals surface area contributed by atoms with Gasteiger partial charge < -0.3 is 0 Å². The molecular formula is C84H60N12. The molecule has 13 aromatic carbocycles. The number of benzene rings is 13. The van der Waals surface area contributed by atoms with Crippen LogP contribution in [0.1, 0.15) is 0 Å². The summed E-state index contributed by atoms with van der Waals surface area (Å²) < 4.78 is 0. The van der Waals surface area contributed by atoms with Crippen LogP contribution in [0, 0.1) is 0 Å². The van der Waals surface area contributed by atoms with E-state index in [9.17, 15) is 0 Å². The molecule has 0 aliphatic carbocycles. The standard InChI is InChI=1S/C84H60N12/c1-13-37-61(38-14-1)91(62-39-15-2-16-40-62)79-73-76(85-82(88-79)94(67-49-25-7-26-50-67)68-51-27-8-28-52-68)74-78(87-84(96(71-57-33-11-34-58-71)72-59-35-12-36-60-72)90-80(74)92(63-41-17-3-18-42-63)64-43-19-4-20-44-64)75-77(73)86-83(95(69-53-29-9-30-54-69)70-55-31-10-32-56-70)89-81(75)93(65-45-21-5-22-46-65)66-47-23-6-24-48-66/h1-60H. The quantitative estimate of drug-likeness (QED) is 0.0766. The Balaban J connectivity index is 1.21. The van der Waals surface area contributed by atoms with E-state index in [2.05, 4.69) is 248 Å². The van der Waals surface area contributed by atoms with E-state index in [1.165, 1.54) is 0 Å². The molecule has 16 rings (SSSR count). The van der Waals surface area contributed by atoms with E-state index < -0.39 is 0 Å². The van der Waals surface area contributed by atoms with Gasteiger partial charge in [-0.1, -0.05) is 218 Å². The molecule has 96 heavy (non-hydrogen) atoms. The summed E-state index contributed by atoms with van der Waals surface area (Å²) in [4.78, 5) is 49.5. The van der Waals surface area contributed by atoms with Crippen LogP contribution in [-0.4, -0.2) is 29.9 Å². The molecular weight excluding hydrogens is 1180 g/mol. The van der Waals surface area contributed by atoms with E-state index in [0.717, 1.165) is 68.2 Å². The maximum absolute atomic E-state index is 6.12. The maximum Gasteiger partial charge on any atom is 0.237 e. The van der Waals surface area contributed by atoms with E-state index in [4.69, 9.17) is 29.9 Å². The molecule has 12 nitrogen and oxygen atoms in total. The molecule has 3 aromatic heterocycles. The van der Waals surface area contributed by atoms with Crippen molar-refractivity contribution in [3.63, 3.8) is 0 Å². The van der Waals surface area contributed by atoms with Gasteiger partial charge in [0.05, 0.1) is 32.7 Å². The number of fused-ring (bicyclic) bond motifs is 6. The predicted molar refractivity (Wildman–Crippen MR) is 394 cm³/mol. The molecule has 0 saturated heterocycles. The first-order valence-corrected chi connectivity index (χ1v) is 31.9. The van der Waals surface area contributed by atoms with Crippen molar-refractivity contribution in [3.05, 3.63) is 364 Å². The average molecular weight is 1240 g/mol. The summed E-state index contributed by atoms with van der Waals surface area (Å²) in [5.41, 5.74) is 11.7. The molecule has 0 saturated carbocycles. The molecule has 16 aromatic rings. The van der Waals surface area contributed by atoms with Gasteiger partial charge in [0.1, 0.15) is 0 Å². The average Bonchev–Trinajstić information content (AvgIpc) is 0.698. The van der Waals surface area contributed by atoms with Gasteiger partial charge in [-0.2, -0.15) is 15.0 Å². The molecule has 0 fully saturated rings. The van der Waals surface area contributed by atoms with Crippen LogP contribution < -0.4 is 29.4 Å². The summed E-state index contributed by atoms with van der Waals surface area (Å²) in [5.74, 6) is 2.72. The van der Waals surface area contributed by atoms with Crippen molar-refractivity contribution in [1.29, 1.82) is 0 Å². The fourth-order valence-corrected chi connectivity index (χ4v) is 12.5. The van der Waals surface area contributed by atoms with E-state index in [-0.39, 0.29) is 0 Å². The van der Waals surface area contributed by atoms with Crippen molar-refractivity contribution < 1.29 is 0 Å². The maximum atomic E-state index is 6.12. The van der Waals surface area contributed by atoms with Crippen molar-refractivity contribution in [1.82, 2.24) is 29.9 Å². The van der Waals surface area contributed by atoms with Crippen molar-refractivity contribution in [2.24, 2.45) is 0 Å². The minimum atomic E-state index is 0.378. The van der Waals surface area contributed by atoms with E-state index in [1.54, 1.807) is 0 Å². The molecule has 456 valence electrons. The zero-order valence-corrected chi connectivity index (χ0v) is 52.0. The van der Waals surface area contributed by atoms with Gasteiger partial charge in [0.25, 0.3) is 0 Å². The van der Waals surface area contributed by atoms with Crippen LogP contribution in [0.15, 0.2) is 364 Å². The third-order valence-electron chi connectivity index (χ3n) is 16.8. The zero-order valence-electron chi connectivity index (χ0n) is 52.0. The van der Waals surface area contributed by atoms with Gasteiger partial charge in [-0.05, 0) is 146 Å². The molecule has 0 atom stereocenters. The van der Waals surface area contributed by atoms with Crippen molar-refractivity contribution in [2.75, 3.05) is 29.4 Å². The van der Waals surface area contributed by atoms with Crippen LogP contribution in [-0.2, 0) is 0 Å². The summed E-state index contributed by atoms with van der Waals surface area (Å²) in [6.07, 6.45) is 0. The molecule has 12 heteroatoms. The van der Waals surface area contributed by atoms with E-state index in [0.29, 0.717) is 68.0 Å². The van der Waals surface area contributed by atoms with E-state index >= 15 is 0 Å². The summed E-state index contributed by atoms with van der Waals surface area (Å²) in [6.45, 7) is 0. The summed E-state index contributed by atoms with van der Waals surface area (Å²) in [7, 11) is 0. The van der Waals surface area contributed by atoms with Crippen LogP contribution in [0.3, 0.4) is 0 Å². The molecule has 0 aliphatic rings. The highest BCUT2D eigenvalue weighted by atomic mass is 15.3. The first kappa shape index (κ1) is 57.8. The number of para-hydroxylation sites is 12. The second kappa shape index (κ2) is 26.1. The number of aromatic nitrogens is 6. The Hall–Kier alpha value is -13.3. The highest BCUT2D eigenvalue weighted by Crippen LogP contribution is 2.53. The topological polar surface area (TPSA) is 96.8 Å². The summed E-state index contributed by atoms with van der Waals surface area (Å²) >= 11 is 0. The SMILES string of the molecule is c1ccc(N(c2ccccc2)c2nc(N(c3ccccc3)c3ccccc3)c3c(n2)c2c(N(c4ccccc4)c4ccccc4)nc(N(c4ccccc4)c4ccccc4)nc2c2c(N(c4ccccc4)c4ccccc4)nc(N(c4ccccc4)c4ccccc4)nc32)cc1. The summed E-state index contributed by atoms with van der Waals surface area (Å²) in [6, 6.07) is 124. The fourth-order valence-electron chi connectivity index (χ4n) is 12.5. The highest BCUT2D eigenvalue weighted by Gasteiger charge is 2.35. The molecule has 0 bridgehead atoms. The van der Waals surface area contributed by atoms with Crippen molar-refractivity contribution >= 4 is 136 Å². The van der Waals surface area contributed by atoms with E-state index in [1.807, 2.05) is 146 Å². The number of hydrogen-bond donors (Lipinski definition) is 0. The van der Waals surface area contributed by atoms with Gasteiger partial charge in [-0.25, -0.2) is 15.0 Å². The lowest BCUT2D eigenvalue weighted by atomic mass is 10.0. The monoisotopic (exact) mass is 1240 g/mol. The minimum Gasteiger partial charge on any atom is -0.294 e. The first-order valence-electron chi connectivity index (χ1n) is 31.9. The van der Waals surface area contributed by atoms with Gasteiger partial charge in [0, 0.05) is 68.2 Å². The van der Waals surface area contributed by atoms with Crippen LogP contribution >= 0.6 is 0 Å². The van der Waals surface area contributed by atoms with Gasteiger partial charge in [0.2, 0.25) is 17.8 Å². The molecule has 0 aliphatic heterocycles. The van der Waals surface area contributed by atoms with Gasteiger partial charge in [-0.15, -0.1) is 0 Å². The lowest BCUT2D eigenvalue weighted by Crippen LogP contribution is -2.21. The second-order valence-electron chi connectivity index (χ2n) is 22.8. The Kier molecular flexibility index (Phi) is 15.7. The molecule has 0 spiro atoms. The Labute approximate surface area is 556 Å². The normalized spacial score (nSPS) is 11.1. The zero-order chi connectivity index (χ0) is 64.0. The van der Waals surface area contributed by atoms with Gasteiger partial charge in [-0.3, -0.25) is 29.4 Å². The van der Waals surface area contributed by atoms with Crippen LogP contribution in [0.2, 0.25) is 0 Å². The molecule has 0 N–H and O–H groups in total. The second-order valence-corrected chi connectivity index (χ2v) is 22.8. The third-order valence-corrected chi connectivity index (χ3v) is 16.8. The number of rotatable bonds is 18. The first-order chi connectivity index (χ1) is 47.7. The van der Waals surface area contributed by atoms with Crippen molar-refractivity contribution in [2.45, 2.75) is 0 Å². The Morgan fingerprint density at radius 3 is 0.396 bits per heavy atom. The van der Waals surface area contributed by atoms with Crippen LogP contribution in [0.25, 0.3) is 32.7 Å².